The van der Waals surface area contributed by atoms with Crippen molar-refractivity contribution in [2.45, 2.75) is 0 Å². The van der Waals surface area contributed by atoms with E-state index in [2.05, 4.69) is 0 Å². The molecule has 8 heteroatoms. The van der Waals surface area contributed by atoms with Gasteiger partial charge in [-0.25, -0.2) is 4.79 Å². The van der Waals surface area contributed by atoms with Crippen LogP contribution in [0, 0.1) is 15.9 Å². The normalized spacial score (nSPS) is 10.2. The van der Waals surface area contributed by atoms with E-state index < -0.39 is 22.4 Å². The first-order valence-electron chi connectivity index (χ1n) is 5.53. The van der Waals surface area contributed by atoms with Gasteiger partial charge in [0, 0.05) is 23.2 Å². The zero-order chi connectivity index (χ0) is 15.6. The lowest BCUT2D eigenvalue weighted by Gasteiger charge is -2.09. The van der Waals surface area contributed by atoms with Gasteiger partial charge in [-0.15, -0.1) is 0 Å². The molecule has 0 saturated carbocycles. The number of ether oxygens (including phenoxy) is 1. The SMILES string of the molecule is O=C(O)c1ccc(Cl)cc1Oc1ccc([N+](=O)[O-])c(F)c1. The molecule has 0 saturated heterocycles. The van der Waals surface area contributed by atoms with Crippen LogP contribution >= 0.6 is 11.6 Å². The van der Waals surface area contributed by atoms with Crippen LogP contribution in [0.25, 0.3) is 0 Å². The fraction of sp³-hybridized carbons (Fsp3) is 0. The van der Waals surface area contributed by atoms with E-state index >= 15 is 0 Å². The van der Waals surface area contributed by atoms with Crippen LogP contribution in [0.2, 0.25) is 5.02 Å². The molecule has 6 nitrogen and oxygen atoms in total. The van der Waals surface area contributed by atoms with Gasteiger partial charge >= 0.3 is 11.7 Å². The third-order valence-corrected chi connectivity index (χ3v) is 2.75. The van der Waals surface area contributed by atoms with Crippen LogP contribution in [0.4, 0.5) is 10.1 Å². The van der Waals surface area contributed by atoms with Crippen LogP contribution in [0.5, 0.6) is 11.5 Å². The van der Waals surface area contributed by atoms with Crippen molar-refractivity contribution in [2.75, 3.05) is 0 Å². The average molecular weight is 312 g/mol. The number of carboxylic acid groups (broad SMARTS) is 1. The molecule has 0 aliphatic rings. The highest BCUT2D eigenvalue weighted by Gasteiger charge is 2.17. The maximum Gasteiger partial charge on any atom is 0.339 e. The van der Waals surface area contributed by atoms with Gasteiger partial charge in [0.25, 0.3) is 0 Å². The zero-order valence-electron chi connectivity index (χ0n) is 10.2. The van der Waals surface area contributed by atoms with Gasteiger partial charge in [0.2, 0.25) is 5.82 Å². The summed E-state index contributed by atoms with van der Waals surface area (Å²) in [5.74, 6) is -2.51. The summed E-state index contributed by atoms with van der Waals surface area (Å²) >= 11 is 5.75. The molecular weight excluding hydrogens is 305 g/mol. The van der Waals surface area contributed by atoms with Crippen molar-refractivity contribution in [3.05, 3.63) is 62.9 Å². The predicted octanol–water partition coefficient (Wildman–Crippen LogP) is 3.88. The quantitative estimate of drug-likeness (QED) is 0.683. The highest BCUT2D eigenvalue weighted by Crippen LogP contribution is 2.30. The molecule has 0 amide bonds. The molecule has 2 aromatic carbocycles. The summed E-state index contributed by atoms with van der Waals surface area (Å²) in [6.45, 7) is 0. The molecule has 0 fully saturated rings. The molecule has 0 aromatic heterocycles. The molecule has 108 valence electrons. The number of carboxylic acids is 1. The van der Waals surface area contributed by atoms with Gasteiger partial charge in [-0.1, -0.05) is 11.6 Å². The lowest BCUT2D eigenvalue weighted by atomic mass is 10.2. The topological polar surface area (TPSA) is 89.7 Å². The van der Waals surface area contributed by atoms with Crippen molar-refractivity contribution in [1.82, 2.24) is 0 Å². The third kappa shape index (κ3) is 3.26. The van der Waals surface area contributed by atoms with Crippen molar-refractivity contribution in [2.24, 2.45) is 0 Å². The Kier molecular flexibility index (Phi) is 4.04. The van der Waals surface area contributed by atoms with Crippen molar-refractivity contribution >= 4 is 23.3 Å². The molecular formula is C13H7ClFNO5. The molecule has 0 unspecified atom stereocenters. The van der Waals surface area contributed by atoms with Crippen molar-refractivity contribution in [3.8, 4) is 11.5 Å². The van der Waals surface area contributed by atoms with Crippen LogP contribution in [-0.4, -0.2) is 16.0 Å². The number of carbonyl (C=O) groups is 1. The summed E-state index contributed by atoms with van der Waals surface area (Å²) < 4.78 is 18.7. The van der Waals surface area contributed by atoms with Gasteiger partial charge < -0.3 is 9.84 Å². The van der Waals surface area contributed by atoms with Crippen LogP contribution in [0.3, 0.4) is 0 Å². The first-order chi connectivity index (χ1) is 9.88. The van der Waals surface area contributed by atoms with Crippen LogP contribution < -0.4 is 4.74 Å². The predicted molar refractivity (Wildman–Crippen MR) is 71.5 cm³/mol. The number of benzene rings is 2. The third-order valence-electron chi connectivity index (χ3n) is 2.52. The minimum absolute atomic E-state index is 0.0807. The highest BCUT2D eigenvalue weighted by atomic mass is 35.5. The number of halogens is 2. The summed E-state index contributed by atoms with van der Waals surface area (Å²) in [6, 6.07) is 6.74. The minimum Gasteiger partial charge on any atom is -0.478 e. The number of aromatic carboxylic acids is 1. The average Bonchev–Trinajstić information content (AvgIpc) is 2.37. The van der Waals surface area contributed by atoms with Gasteiger partial charge in [0.1, 0.15) is 17.1 Å². The summed E-state index contributed by atoms with van der Waals surface area (Å²) in [7, 11) is 0. The smallest absolute Gasteiger partial charge is 0.339 e. The van der Waals surface area contributed by atoms with Gasteiger partial charge in [0.15, 0.2) is 0 Å². The minimum atomic E-state index is -1.25. The maximum atomic E-state index is 13.5. The second-order valence-electron chi connectivity index (χ2n) is 3.92. The zero-order valence-corrected chi connectivity index (χ0v) is 11.0. The van der Waals surface area contributed by atoms with Gasteiger partial charge in [0.05, 0.1) is 4.92 Å². The van der Waals surface area contributed by atoms with Gasteiger partial charge in [-0.3, -0.25) is 10.1 Å². The van der Waals surface area contributed by atoms with Crippen LogP contribution in [0.15, 0.2) is 36.4 Å². The van der Waals surface area contributed by atoms with E-state index in [1.54, 1.807) is 0 Å². The Labute approximate surface area is 122 Å². The van der Waals surface area contributed by atoms with Crippen molar-refractivity contribution in [1.29, 1.82) is 0 Å². The number of nitro groups is 1. The Balaban J connectivity index is 2.38. The van der Waals surface area contributed by atoms with E-state index in [4.69, 9.17) is 21.4 Å². The van der Waals surface area contributed by atoms with E-state index in [9.17, 15) is 19.3 Å². The molecule has 0 heterocycles. The van der Waals surface area contributed by atoms with E-state index in [0.717, 1.165) is 18.2 Å². The van der Waals surface area contributed by atoms with Gasteiger partial charge in [-0.05, 0) is 18.2 Å². The Bertz CT molecular complexity index is 734. The number of nitrogens with zero attached hydrogens (tertiary/aromatic N) is 1. The summed E-state index contributed by atoms with van der Waals surface area (Å²) in [4.78, 5) is 20.7. The fourth-order valence-electron chi connectivity index (χ4n) is 1.58. The fourth-order valence-corrected chi connectivity index (χ4v) is 1.75. The molecule has 0 spiro atoms. The summed E-state index contributed by atoms with van der Waals surface area (Å²) in [6.07, 6.45) is 0. The maximum absolute atomic E-state index is 13.5. The molecule has 2 aromatic rings. The second-order valence-corrected chi connectivity index (χ2v) is 4.35. The highest BCUT2D eigenvalue weighted by molar-refractivity contribution is 6.30. The Morgan fingerprint density at radius 1 is 1.29 bits per heavy atom. The van der Waals surface area contributed by atoms with E-state index in [-0.39, 0.29) is 22.1 Å². The number of nitro benzene ring substituents is 1. The van der Waals surface area contributed by atoms with E-state index in [1.165, 1.54) is 18.2 Å². The lowest BCUT2D eigenvalue weighted by molar-refractivity contribution is -0.387. The number of hydrogen-bond donors (Lipinski definition) is 1. The first-order valence-corrected chi connectivity index (χ1v) is 5.91. The molecule has 0 aliphatic heterocycles. The molecule has 0 bridgehead atoms. The summed E-state index contributed by atoms with van der Waals surface area (Å²) in [5.41, 5.74) is -0.870. The molecule has 0 radical (unpaired) electrons. The molecule has 1 N–H and O–H groups in total. The Morgan fingerprint density at radius 3 is 2.57 bits per heavy atom. The van der Waals surface area contributed by atoms with Gasteiger partial charge in [-0.2, -0.15) is 4.39 Å². The molecule has 21 heavy (non-hydrogen) atoms. The van der Waals surface area contributed by atoms with Crippen LogP contribution in [-0.2, 0) is 0 Å². The summed E-state index contributed by atoms with van der Waals surface area (Å²) in [5, 5.41) is 19.8. The lowest BCUT2D eigenvalue weighted by Crippen LogP contribution is -2.00. The van der Waals surface area contributed by atoms with Crippen LogP contribution in [0.1, 0.15) is 10.4 Å². The second kappa shape index (κ2) is 5.76. The largest absolute Gasteiger partial charge is 0.478 e. The standard InChI is InChI=1S/C13H7ClFNO5/c14-7-1-3-9(13(17)18)12(5-7)21-8-2-4-11(16(19)20)10(15)6-8/h1-6H,(H,17,18). The Morgan fingerprint density at radius 2 is 2.00 bits per heavy atom. The van der Waals surface area contributed by atoms with E-state index in [1.807, 2.05) is 0 Å². The Hall–Kier alpha value is -2.67. The first kappa shape index (κ1) is 14.7. The monoisotopic (exact) mass is 311 g/mol. The molecule has 2 rings (SSSR count). The van der Waals surface area contributed by atoms with E-state index in [0.29, 0.717) is 0 Å². The molecule has 0 aliphatic carbocycles. The number of rotatable bonds is 4. The number of hydrogen-bond acceptors (Lipinski definition) is 4. The van der Waals surface area contributed by atoms with Crippen molar-refractivity contribution in [3.63, 3.8) is 0 Å². The van der Waals surface area contributed by atoms with Crippen molar-refractivity contribution < 1.29 is 24.0 Å². The molecule has 0 atom stereocenters.